The first-order valence-corrected chi connectivity index (χ1v) is 10.7. The van der Waals surface area contributed by atoms with E-state index in [-0.39, 0.29) is 29.3 Å². The van der Waals surface area contributed by atoms with Crippen LogP contribution in [0.1, 0.15) is 22.7 Å². The van der Waals surface area contributed by atoms with E-state index in [4.69, 9.17) is 11.6 Å². The van der Waals surface area contributed by atoms with Crippen LogP contribution in [-0.2, 0) is 17.6 Å². The predicted molar refractivity (Wildman–Crippen MR) is 119 cm³/mol. The standard InChI is InChI=1S/C18H17ClI2N2O3/c19-8-17(26)23-18-12(20)3-9(4-13(18)21)5-14-11-7-16(25)15(24)6-10(11)1-2-22-14/h3-4,6-7,14,22,24-25H,1-2,5,8H2,(H,23,26). The molecule has 2 aromatic carbocycles. The molecule has 8 heteroatoms. The number of hydrogen-bond donors (Lipinski definition) is 4. The van der Waals surface area contributed by atoms with E-state index in [0.717, 1.165) is 48.9 Å². The Labute approximate surface area is 183 Å². The van der Waals surface area contributed by atoms with E-state index >= 15 is 0 Å². The second kappa shape index (κ2) is 8.49. The number of alkyl halides is 1. The van der Waals surface area contributed by atoms with Gasteiger partial charge in [0.1, 0.15) is 5.88 Å². The molecule has 1 aliphatic rings. The van der Waals surface area contributed by atoms with E-state index < -0.39 is 0 Å². The number of aromatic hydroxyl groups is 2. The number of halogens is 3. The zero-order valence-corrected chi connectivity index (χ0v) is 18.7. The summed E-state index contributed by atoms with van der Waals surface area (Å²) in [6.45, 7) is 0.819. The fraction of sp³-hybridized carbons (Fsp3) is 0.278. The van der Waals surface area contributed by atoms with Gasteiger partial charge in [0.25, 0.3) is 0 Å². The predicted octanol–water partition coefficient (Wildman–Crippen LogP) is 3.91. The van der Waals surface area contributed by atoms with Crippen molar-refractivity contribution in [2.45, 2.75) is 18.9 Å². The van der Waals surface area contributed by atoms with Gasteiger partial charge < -0.3 is 20.8 Å². The molecule has 0 spiro atoms. The molecule has 0 aromatic heterocycles. The summed E-state index contributed by atoms with van der Waals surface area (Å²) in [5.41, 5.74) is 3.97. The fourth-order valence-electron chi connectivity index (χ4n) is 3.12. The van der Waals surface area contributed by atoms with Gasteiger partial charge in [-0.3, -0.25) is 4.79 Å². The van der Waals surface area contributed by atoms with E-state index in [1.807, 2.05) is 12.1 Å². The number of carbonyl (C=O) groups is 1. The molecule has 0 saturated heterocycles. The Balaban J connectivity index is 1.87. The maximum absolute atomic E-state index is 11.6. The summed E-state index contributed by atoms with van der Waals surface area (Å²) in [5.74, 6) is -0.477. The molecule has 0 saturated carbocycles. The molecule has 0 bridgehead atoms. The maximum atomic E-state index is 11.6. The third-order valence-electron chi connectivity index (χ3n) is 4.32. The number of hydrogen-bond acceptors (Lipinski definition) is 4. The van der Waals surface area contributed by atoms with Crippen LogP contribution in [0.3, 0.4) is 0 Å². The molecule has 4 N–H and O–H groups in total. The molecule has 1 unspecified atom stereocenters. The molecule has 1 atom stereocenters. The van der Waals surface area contributed by atoms with Gasteiger partial charge in [-0.2, -0.15) is 0 Å². The summed E-state index contributed by atoms with van der Waals surface area (Å²) in [6, 6.07) is 7.44. The SMILES string of the molecule is O=C(CCl)Nc1c(I)cc(CC2NCCc3cc(O)c(O)cc32)cc1I. The van der Waals surface area contributed by atoms with Crippen molar-refractivity contribution in [3.05, 3.63) is 48.1 Å². The summed E-state index contributed by atoms with van der Waals surface area (Å²) in [6.07, 6.45) is 1.56. The van der Waals surface area contributed by atoms with Crippen LogP contribution in [0.15, 0.2) is 24.3 Å². The first-order valence-electron chi connectivity index (χ1n) is 8.01. The van der Waals surface area contributed by atoms with Gasteiger partial charge in [-0.25, -0.2) is 0 Å². The highest BCUT2D eigenvalue weighted by atomic mass is 127. The minimum atomic E-state index is -0.228. The quantitative estimate of drug-likeness (QED) is 0.245. The number of benzene rings is 2. The molecule has 1 aliphatic heterocycles. The molecule has 0 aliphatic carbocycles. The van der Waals surface area contributed by atoms with Crippen molar-refractivity contribution in [1.82, 2.24) is 5.32 Å². The topological polar surface area (TPSA) is 81.6 Å². The molecule has 26 heavy (non-hydrogen) atoms. The highest BCUT2D eigenvalue weighted by molar-refractivity contribution is 14.1. The third-order valence-corrected chi connectivity index (χ3v) is 6.27. The van der Waals surface area contributed by atoms with Crippen molar-refractivity contribution >= 4 is 68.4 Å². The monoisotopic (exact) mass is 598 g/mol. The summed E-state index contributed by atoms with van der Waals surface area (Å²) in [4.78, 5) is 11.6. The van der Waals surface area contributed by atoms with E-state index in [2.05, 4.69) is 55.8 Å². The van der Waals surface area contributed by atoms with Gasteiger partial charge in [-0.1, -0.05) is 0 Å². The Hall–Kier alpha value is -0.780. The van der Waals surface area contributed by atoms with Crippen molar-refractivity contribution in [3.63, 3.8) is 0 Å². The normalized spacial score (nSPS) is 16.2. The highest BCUT2D eigenvalue weighted by Gasteiger charge is 2.23. The molecule has 0 radical (unpaired) electrons. The molecule has 3 rings (SSSR count). The summed E-state index contributed by atoms with van der Waals surface area (Å²) in [5, 5.41) is 25.9. The maximum Gasteiger partial charge on any atom is 0.239 e. The van der Waals surface area contributed by atoms with Gasteiger partial charge in [0, 0.05) is 13.2 Å². The van der Waals surface area contributed by atoms with Crippen LogP contribution in [0.25, 0.3) is 0 Å². The lowest BCUT2D eigenvalue weighted by atomic mass is 9.90. The molecule has 0 fully saturated rings. The van der Waals surface area contributed by atoms with Gasteiger partial charge in [-0.15, -0.1) is 11.6 Å². The Kier molecular flexibility index (Phi) is 6.52. The Bertz CT molecular complexity index is 838. The molecule has 138 valence electrons. The average molecular weight is 599 g/mol. The van der Waals surface area contributed by atoms with E-state index in [0.29, 0.717) is 0 Å². The van der Waals surface area contributed by atoms with Crippen LogP contribution in [0.2, 0.25) is 0 Å². The zero-order chi connectivity index (χ0) is 18.8. The Morgan fingerprint density at radius 3 is 2.50 bits per heavy atom. The van der Waals surface area contributed by atoms with E-state index in [1.165, 1.54) is 0 Å². The highest BCUT2D eigenvalue weighted by Crippen LogP contribution is 2.36. The zero-order valence-electron chi connectivity index (χ0n) is 13.7. The van der Waals surface area contributed by atoms with Gasteiger partial charge in [0.2, 0.25) is 5.91 Å². The van der Waals surface area contributed by atoms with Gasteiger partial charge in [0.15, 0.2) is 11.5 Å². The lowest BCUT2D eigenvalue weighted by molar-refractivity contribution is -0.113. The van der Waals surface area contributed by atoms with Crippen LogP contribution in [0.5, 0.6) is 11.5 Å². The number of phenols is 2. The van der Waals surface area contributed by atoms with Crippen molar-refractivity contribution < 1.29 is 15.0 Å². The van der Waals surface area contributed by atoms with Crippen LogP contribution in [0, 0.1) is 7.14 Å². The largest absolute Gasteiger partial charge is 0.504 e. The minimum absolute atomic E-state index is 0.0557. The Morgan fingerprint density at radius 2 is 1.85 bits per heavy atom. The average Bonchev–Trinajstić information content (AvgIpc) is 2.59. The van der Waals surface area contributed by atoms with Gasteiger partial charge in [-0.05, 0) is 106 Å². The van der Waals surface area contributed by atoms with Crippen molar-refractivity contribution in [2.75, 3.05) is 17.7 Å². The first-order chi connectivity index (χ1) is 12.4. The number of anilines is 1. The fourth-order valence-corrected chi connectivity index (χ4v) is 5.36. The van der Waals surface area contributed by atoms with E-state index in [9.17, 15) is 15.0 Å². The summed E-state index contributed by atoms with van der Waals surface area (Å²) in [7, 11) is 0. The lowest BCUT2D eigenvalue weighted by Crippen LogP contribution is -2.31. The lowest BCUT2D eigenvalue weighted by Gasteiger charge is -2.28. The number of amides is 1. The molecule has 1 heterocycles. The second-order valence-corrected chi connectivity index (χ2v) is 8.71. The Morgan fingerprint density at radius 1 is 1.19 bits per heavy atom. The number of nitrogens with one attached hydrogen (secondary N) is 2. The van der Waals surface area contributed by atoms with E-state index in [1.54, 1.807) is 12.1 Å². The van der Waals surface area contributed by atoms with Crippen LogP contribution in [0.4, 0.5) is 5.69 Å². The molecule has 2 aromatic rings. The minimum Gasteiger partial charge on any atom is -0.504 e. The smallest absolute Gasteiger partial charge is 0.239 e. The second-order valence-electron chi connectivity index (χ2n) is 6.12. The molecular formula is C18H17ClI2N2O3. The summed E-state index contributed by atoms with van der Waals surface area (Å²) < 4.78 is 1.90. The first kappa shape index (κ1) is 20.0. The van der Waals surface area contributed by atoms with Gasteiger partial charge in [0.05, 0.1) is 5.69 Å². The van der Waals surface area contributed by atoms with Crippen molar-refractivity contribution in [3.8, 4) is 11.5 Å². The third kappa shape index (κ3) is 4.37. The van der Waals surface area contributed by atoms with Crippen molar-refractivity contribution in [1.29, 1.82) is 0 Å². The molecular weight excluding hydrogens is 581 g/mol. The molecule has 1 amide bonds. The van der Waals surface area contributed by atoms with Crippen LogP contribution in [-0.4, -0.2) is 28.5 Å². The van der Waals surface area contributed by atoms with Gasteiger partial charge >= 0.3 is 0 Å². The van der Waals surface area contributed by atoms with Crippen LogP contribution < -0.4 is 10.6 Å². The number of rotatable bonds is 4. The van der Waals surface area contributed by atoms with Crippen molar-refractivity contribution in [2.24, 2.45) is 0 Å². The number of phenolic OH excluding ortho intramolecular Hbond substituents is 2. The number of carbonyl (C=O) groups excluding carboxylic acids is 1. The van der Waals surface area contributed by atoms with Crippen LogP contribution >= 0.6 is 56.8 Å². The molecule has 5 nitrogen and oxygen atoms in total. The number of fused-ring (bicyclic) bond motifs is 1. The summed E-state index contributed by atoms with van der Waals surface area (Å²) >= 11 is 9.99.